The first-order chi connectivity index (χ1) is 19.3. The lowest BCUT2D eigenvalue weighted by Gasteiger charge is -2.34. The minimum absolute atomic E-state index is 0.0361. The average Bonchev–Trinajstić information content (AvgIpc) is 3.85. The Kier molecular flexibility index (Phi) is 5.66. The van der Waals surface area contributed by atoms with E-state index in [0.717, 1.165) is 12.8 Å². The molecule has 11 nitrogen and oxygen atoms in total. The Morgan fingerprint density at radius 2 is 2.12 bits per heavy atom. The Labute approximate surface area is 232 Å². The van der Waals surface area contributed by atoms with Gasteiger partial charge in [0.05, 0.1) is 23.4 Å². The van der Waals surface area contributed by atoms with Gasteiger partial charge in [-0.2, -0.15) is 0 Å². The maximum atomic E-state index is 15.4. The first-order valence-corrected chi connectivity index (χ1v) is 13.7. The number of nitrogens with one attached hydrogen (secondary N) is 2. The van der Waals surface area contributed by atoms with Crippen molar-refractivity contribution in [2.24, 2.45) is 16.6 Å². The highest BCUT2D eigenvalue weighted by atomic mass is 32.2. The van der Waals surface area contributed by atoms with Crippen molar-refractivity contribution in [3.05, 3.63) is 66.4 Å². The van der Waals surface area contributed by atoms with Crippen molar-refractivity contribution >= 4 is 45.4 Å². The number of thioether (sulfide) groups is 1. The van der Waals surface area contributed by atoms with E-state index >= 15 is 4.39 Å². The van der Waals surface area contributed by atoms with Gasteiger partial charge < -0.3 is 25.5 Å². The van der Waals surface area contributed by atoms with E-state index in [0.29, 0.717) is 46.3 Å². The van der Waals surface area contributed by atoms with Gasteiger partial charge in [-0.1, -0.05) is 11.8 Å². The van der Waals surface area contributed by atoms with Crippen LogP contribution in [0.1, 0.15) is 37.6 Å². The first kappa shape index (κ1) is 24.8. The number of nitrogens with zero attached hydrogens (tertiary/aromatic N) is 5. The highest BCUT2D eigenvalue weighted by Gasteiger charge is 2.70. The number of rotatable bonds is 8. The van der Waals surface area contributed by atoms with Crippen molar-refractivity contribution < 1.29 is 18.3 Å². The van der Waals surface area contributed by atoms with Gasteiger partial charge >= 0.3 is 0 Å². The average molecular weight is 561 g/mol. The monoisotopic (exact) mass is 560 g/mol. The van der Waals surface area contributed by atoms with Crippen molar-refractivity contribution in [2.75, 3.05) is 5.32 Å². The third-order valence-electron chi connectivity index (χ3n) is 7.55. The number of aliphatic imine (C=N–C) groups is 1. The smallest absolute Gasteiger partial charge is 0.237 e. The number of benzene rings is 1. The predicted octanol–water partition coefficient (Wildman–Crippen LogP) is 3.79. The number of amidine groups is 1. The zero-order valence-corrected chi connectivity index (χ0v) is 22.2. The number of halogens is 1. The van der Waals surface area contributed by atoms with E-state index in [4.69, 9.17) is 14.9 Å². The number of carbonyl (C=O) groups is 1. The molecule has 2 saturated carbocycles. The SMILES string of the molecule is C[C@]1(c2cc(Nc3nccc4nc(OCc5ncco5)cnc34)ccc2F)N=C(N)S[C@@]2(C(=O)NC3CC3)C[C@H]21. The minimum atomic E-state index is -1.00. The zero-order valence-electron chi connectivity index (χ0n) is 21.4. The second-order valence-corrected chi connectivity index (χ2v) is 11.7. The fourth-order valence-electron chi connectivity index (χ4n) is 5.28. The molecule has 4 aromatic rings. The summed E-state index contributed by atoms with van der Waals surface area (Å²) in [6.45, 7) is 1.97. The van der Waals surface area contributed by atoms with Crippen molar-refractivity contribution in [2.45, 2.75) is 49.1 Å². The van der Waals surface area contributed by atoms with Crippen molar-refractivity contribution in [1.82, 2.24) is 25.3 Å². The van der Waals surface area contributed by atoms with Crippen LogP contribution in [-0.4, -0.2) is 41.8 Å². The van der Waals surface area contributed by atoms with Gasteiger partial charge in [-0.3, -0.25) is 9.79 Å². The van der Waals surface area contributed by atoms with E-state index in [2.05, 4.69) is 35.6 Å². The summed E-state index contributed by atoms with van der Waals surface area (Å²) in [6, 6.07) is 6.65. The molecule has 7 rings (SSSR count). The molecule has 0 radical (unpaired) electrons. The molecule has 2 fully saturated rings. The van der Waals surface area contributed by atoms with Gasteiger partial charge in [0, 0.05) is 29.4 Å². The second-order valence-electron chi connectivity index (χ2n) is 10.4. The molecule has 204 valence electrons. The molecule has 0 unspecified atom stereocenters. The molecular formula is C27H25FN8O3S. The minimum Gasteiger partial charge on any atom is -0.467 e. The summed E-state index contributed by atoms with van der Waals surface area (Å²) in [6.07, 6.45) is 8.66. The molecule has 1 amide bonds. The standard InChI is InChI=1S/C27H25FN8O3S/c1-26(19-11-27(19,40-25(29)36-26)24(37)34-14-2-3-14)16-10-15(4-5-17(16)28)33-23-22-18(6-7-31-23)35-20(12-32-22)39-13-21-30-8-9-38-21/h4-10,12,14,19H,2-3,11,13H2,1H3,(H2,29,36)(H,31,33)(H,34,37)/t19-,26+,27-/m0/s1. The molecule has 0 bridgehead atoms. The van der Waals surface area contributed by atoms with Crippen LogP contribution in [0.2, 0.25) is 0 Å². The van der Waals surface area contributed by atoms with Crippen LogP contribution in [0.15, 0.2) is 58.5 Å². The van der Waals surface area contributed by atoms with Gasteiger partial charge in [0.2, 0.25) is 17.7 Å². The molecule has 3 aromatic heterocycles. The summed E-state index contributed by atoms with van der Waals surface area (Å²) >= 11 is 1.29. The Bertz CT molecular complexity index is 1660. The highest BCUT2D eigenvalue weighted by molar-refractivity contribution is 8.15. The number of carbonyl (C=O) groups excluding carboxylic acids is 1. The van der Waals surface area contributed by atoms with Crippen LogP contribution in [0.5, 0.6) is 5.88 Å². The molecule has 13 heteroatoms. The molecule has 1 aliphatic heterocycles. The molecule has 0 saturated heterocycles. The fourth-order valence-corrected chi connectivity index (χ4v) is 6.67. The van der Waals surface area contributed by atoms with E-state index in [1.807, 2.05) is 6.92 Å². The molecule has 2 aliphatic carbocycles. The normalized spacial score (nSPS) is 25.1. The summed E-state index contributed by atoms with van der Waals surface area (Å²) in [7, 11) is 0. The van der Waals surface area contributed by atoms with Gasteiger partial charge in [0.1, 0.15) is 22.3 Å². The quantitative estimate of drug-likeness (QED) is 0.290. The Balaban J connectivity index is 1.16. The first-order valence-electron chi connectivity index (χ1n) is 12.9. The van der Waals surface area contributed by atoms with Crippen molar-refractivity contribution in [3.8, 4) is 5.88 Å². The lowest BCUT2D eigenvalue weighted by molar-refractivity contribution is -0.121. The van der Waals surface area contributed by atoms with Crippen LogP contribution in [0.3, 0.4) is 0 Å². The molecular weight excluding hydrogens is 535 g/mol. The molecule has 3 atom stereocenters. The molecule has 4 heterocycles. The topological polar surface area (TPSA) is 153 Å². The highest BCUT2D eigenvalue weighted by Crippen LogP contribution is 2.66. The van der Waals surface area contributed by atoms with Crippen LogP contribution in [-0.2, 0) is 16.9 Å². The Morgan fingerprint density at radius 1 is 1.25 bits per heavy atom. The summed E-state index contributed by atoms with van der Waals surface area (Å²) in [5.74, 6) is 0.541. The van der Waals surface area contributed by atoms with E-state index in [-0.39, 0.29) is 29.6 Å². The predicted molar refractivity (Wildman–Crippen MR) is 146 cm³/mol. The number of amides is 1. The maximum absolute atomic E-state index is 15.4. The Morgan fingerprint density at radius 3 is 2.92 bits per heavy atom. The molecule has 40 heavy (non-hydrogen) atoms. The second kappa shape index (κ2) is 9.15. The summed E-state index contributed by atoms with van der Waals surface area (Å²) in [5, 5.41) is 6.62. The van der Waals surface area contributed by atoms with E-state index in [1.54, 1.807) is 24.4 Å². The van der Waals surface area contributed by atoms with Gasteiger partial charge in [-0.25, -0.2) is 24.3 Å². The summed E-state index contributed by atoms with van der Waals surface area (Å²) in [5.41, 5.74) is 7.24. The number of hydrogen-bond acceptors (Lipinski definition) is 11. The lowest BCUT2D eigenvalue weighted by Crippen LogP contribution is -2.44. The van der Waals surface area contributed by atoms with Crippen LogP contribution < -0.4 is 21.1 Å². The summed E-state index contributed by atoms with van der Waals surface area (Å²) < 4.78 is 25.5. The van der Waals surface area contributed by atoms with Gasteiger partial charge in [-0.05, 0) is 50.5 Å². The third-order valence-corrected chi connectivity index (χ3v) is 8.86. The molecule has 3 aliphatic rings. The van der Waals surface area contributed by atoms with Gasteiger partial charge in [0.25, 0.3) is 0 Å². The Hall–Kier alpha value is -4.26. The van der Waals surface area contributed by atoms with Crippen LogP contribution in [0.25, 0.3) is 11.0 Å². The van der Waals surface area contributed by atoms with E-state index in [1.165, 1.54) is 36.5 Å². The number of oxazole rings is 1. The largest absolute Gasteiger partial charge is 0.467 e. The summed E-state index contributed by atoms with van der Waals surface area (Å²) in [4.78, 5) is 35.2. The van der Waals surface area contributed by atoms with E-state index < -0.39 is 16.1 Å². The van der Waals surface area contributed by atoms with Crippen LogP contribution in [0, 0.1) is 11.7 Å². The van der Waals surface area contributed by atoms with Crippen LogP contribution >= 0.6 is 11.8 Å². The maximum Gasteiger partial charge on any atom is 0.237 e. The lowest BCUT2D eigenvalue weighted by atomic mass is 9.85. The van der Waals surface area contributed by atoms with E-state index in [9.17, 15) is 4.79 Å². The molecule has 0 spiro atoms. The number of hydrogen-bond donors (Lipinski definition) is 3. The number of fused-ring (bicyclic) bond motifs is 2. The van der Waals surface area contributed by atoms with Gasteiger partial charge in [0.15, 0.2) is 17.6 Å². The molecule has 1 aromatic carbocycles. The zero-order chi connectivity index (χ0) is 27.5. The number of nitrogens with two attached hydrogens (primary N) is 1. The van der Waals surface area contributed by atoms with Crippen molar-refractivity contribution in [1.29, 1.82) is 0 Å². The fraction of sp³-hybridized carbons (Fsp3) is 0.333. The molecule has 4 N–H and O–H groups in total. The third kappa shape index (κ3) is 4.30. The number of anilines is 2. The van der Waals surface area contributed by atoms with Gasteiger partial charge in [-0.15, -0.1) is 0 Å². The number of pyridine rings is 1. The van der Waals surface area contributed by atoms with Crippen molar-refractivity contribution in [3.63, 3.8) is 0 Å². The number of ether oxygens (including phenoxy) is 1. The van der Waals surface area contributed by atoms with Crippen LogP contribution in [0.4, 0.5) is 15.9 Å². The number of aromatic nitrogens is 4.